The molecule has 0 spiro atoms. The largest absolute Gasteiger partial charge is 0.466 e. The third-order valence-corrected chi connectivity index (χ3v) is 3.29. The summed E-state index contributed by atoms with van der Waals surface area (Å²) in [7, 11) is 1.37. The molecule has 1 rings (SSSR count). The summed E-state index contributed by atoms with van der Waals surface area (Å²) in [5.41, 5.74) is 1.56. The number of aliphatic hydroxyl groups excluding tert-OH is 1. The van der Waals surface area contributed by atoms with Crippen LogP contribution in [0.15, 0.2) is 28.5 Å². The summed E-state index contributed by atoms with van der Waals surface area (Å²) in [4.78, 5) is 11.3. The first kappa shape index (κ1) is 14.9. The summed E-state index contributed by atoms with van der Waals surface area (Å²) >= 11 is 1.56. The molecule has 1 heterocycles. The van der Waals surface area contributed by atoms with Crippen molar-refractivity contribution in [2.75, 3.05) is 20.2 Å². The number of hydrogen-bond acceptors (Lipinski definition) is 5. The summed E-state index contributed by atoms with van der Waals surface area (Å²) < 4.78 is 4.66. The number of thiophene rings is 1. The summed E-state index contributed by atoms with van der Waals surface area (Å²) in [5, 5.41) is 16.8. The lowest BCUT2D eigenvalue weighted by Gasteiger charge is -2.09. The second kappa shape index (κ2) is 8.02. The topological polar surface area (TPSA) is 58.6 Å². The van der Waals surface area contributed by atoms with Crippen LogP contribution in [0.25, 0.3) is 0 Å². The quantitative estimate of drug-likeness (QED) is 0.451. The fourth-order valence-corrected chi connectivity index (χ4v) is 2.21. The van der Waals surface area contributed by atoms with Crippen molar-refractivity contribution >= 4 is 17.3 Å². The molecule has 1 aromatic heterocycles. The van der Waals surface area contributed by atoms with Gasteiger partial charge in [-0.1, -0.05) is 13.0 Å². The van der Waals surface area contributed by atoms with Crippen LogP contribution >= 0.6 is 11.3 Å². The minimum atomic E-state index is -0.507. The van der Waals surface area contributed by atoms with Gasteiger partial charge in [0.2, 0.25) is 0 Å². The number of esters is 1. The highest BCUT2D eigenvalue weighted by Crippen LogP contribution is 2.14. The Bertz CT molecular complexity index is 387. The average Bonchev–Trinajstić information content (AvgIpc) is 2.91. The van der Waals surface area contributed by atoms with Crippen LogP contribution in [0.4, 0.5) is 0 Å². The van der Waals surface area contributed by atoms with Crippen LogP contribution in [0.3, 0.4) is 0 Å². The van der Waals surface area contributed by atoms with Gasteiger partial charge in [0.05, 0.1) is 13.2 Å². The second-order valence-corrected chi connectivity index (χ2v) is 4.59. The Morgan fingerprint density at radius 3 is 3.00 bits per heavy atom. The number of nitrogens with one attached hydrogen (secondary N) is 1. The van der Waals surface area contributed by atoms with E-state index in [0.717, 1.165) is 5.56 Å². The van der Waals surface area contributed by atoms with Crippen molar-refractivity contribution in [2.24, 2.45) is 0 Å². The lowest BCUT2D eigenvalue weighted by atomic mass is 10.2. The van der Waals surface area contributed by atoms with Crippen molar-refractivity contribution in [3.05, 3.63) is 34.0 Å². The predicted octanol–water partition coefficient (Wildman–Crippen LogP) is 1.88. The van der Waals surface area contributed by atoms with Crippen molar-refractivity contribution in [2.45, 2.75) is 19.4 Å². The van der Waals surface area contributed by atoms with E-state index in [1.165, 1.54) is 7.11 Å². The predicted molar refractivity (Wildman–Crippen MR) is 72.5 cm³/mol. The summed E-state index contributed by atoms with van der Waals surface area (Å²) in [6, 6.07) is 1.90. The van der Waals surface area contributed by atoms with Gasteiger partial charge in [-0.15, -0.1) is 0 Å². The third-order valence-electron chi connectivity index (χ3n) is 2.59. The number of methoxy groups -OCH3 is 1. The van der Waals surface area contributed by atoms with E-state index >= 15 is 0 Å². The Labute approximate surface area is 111 Å². The molecule has 0 aliphatic rings. The first-order valence-corrected chi connectivity index (χ1v) is 6.81. The van der Waals surface area contributed by atoms with E-state index < -0.39 is 6.10 Å². The molecular formula is C13H19NO3S. The van der Waals surface area contributed by atoms with Gasteiger partial charge < -0.3 is 15.2 Å². The van der Waals surface area contributed by atoms with Crippen LogP contribution in [-0.4, -0.2) is 31.3 Å². The molecule has 0 fully saturated rings. The monoisotopic (exact) mass is 269 g/mol. The maximum Gasteiger partial charge on any atom is 0.333 e. The van der Waals surface area contributed by atoms with Crippen LogP contribution in [0.1, 0.15) is 25.0 Å². The van der Waals surface area contributed by atoms with Gasteiger partial charge in [0.15, 0.2) is 0 Å². The number of hydrogen-bond donors (Lipinski definition) is 2. The molecule has 0 radical (unpaired) electrons. The number of ether oxygens (including phenoxy) is 1. The molecule has 4 nitrogen and oxygen atoms in total. The molecule has 1 unspecified atom stereocenters. The van der Waals surface area contributed by atoms with Crippen molar-refractivity contribution in [1.29, 1.82) is 0 Å². The number of aliphatic hydroxyl groups is 1. The van der Waals surface area contributed by atoms with Crippen molar-refractivity contribution in [3.8, 4) is 0 Å². The van der Waals surface area contributed by atoms with E-state index in [1.807, 2.05) is 23.8 Å². The smallest absolute Gasteiger partial charge is 0.333 e. The highest BCUT2D eigenvalue weighted by Gasteiger charge is 2.08. The van der Waals surface area contributed by atoms with Crippen LogP contribution in [0.5, 0.6) is 0 Å². The Balaban J connectivity index is 2.33. The molecule has 18 heavy (non-hydrogen) atoms. The van der Waals surface area contributed by atoms with Gasteiger partial charge in [0.25, 0.3) is 0 Å². The molecule has 0 aliphatic carbocycles. The first-order chi connectivity index (χ1) is 8.69. The molecule has 0 aromatic carbocycles. The molecule has 1 aromatic rings. The molecule has 0 saturated heterocycles. The summed E-state index contributed by atoms with van der Waals surface area (Å²) in [6.45, 7) is 2.91. The first-order valence-electron chi connectivity index (χ1n) is 5.87. The normalized spacial score (nSPS) is 13.4. The Kier molecular flexibility index (Phi) is 6.64. The molecule has 100 valence electrons. The van der Waals surface area contributed by atoms with Gasteiger partial charge in [-0.3, -0.25) is 0 Å². The van der Waals surface area contributed by atoms with E-state index in [9.17, 15) is 9.90 Å². The molecule has 0 amide bonds. The minimum absolute atomic E-state index is 0.294. The highest BCUT2D eigenvalue weighted by atomic mass is 32.1. The number of carbonyl (C=O) groups excluding carboxylic acids is 1. The maximum atomic E-state index is 11.3. The molecule has 1 atom stereocenters. The second-order valence-electron chi connectivity index (χ2n) is 3.81. The molecule has 0 saturated carbocycles. The maximum absolute atomic E-state index is 11.3. The third kappa shape index (κ3) is 4.60. The lowest BCUT2D eigenvalue weighted by Crippen LogP contribution is -2.22. The van der Waals surface area contributed by atoms with Gasteiger partial charge in [-0.25, -0.2) is 4.79 Å². The van der Waals surface area contributed by atoms with Crippen molar-refractivity contribution < 1.29 is 14.6 Å². The highest BCUT2D eigenvalue weighted by molar-refractivity contribution is 7.07. The Hall–Kier alpha value is -1.17. The number of carbonyl (C=O) groups is 1. The van der Waals surface area contributed by atoms with E-state index in [-0.39, 0.29) is 5.97 Å². The Morgan fingerprint density at radius 2 is 2.44 bits per heavy atom. The summed E-state index contributed by atoms with van der Waals surface area (Å²) in [6.07, 6.45) is 1.93. The van der Waals surface area contributed by atoms with Gasteiger partial charge in [0.1, 0.15) is 0 Å². The molecule has 0 bridgehead atoms. The zero-order valence-corrected chi connectivity index (χ0v) is 11.5. The molecule has 2 N–H and O–H groups in total. The molecular weight excluding hydrogens is 250 g/mol. The fraction of sp³-hybridized carbons (Fsp3) is 0.462. The number of rotatable bonds is 7. The Morgan fingerprint density at radius 1 is 1.67 bits per heavy atom. The van der Waals surface area contributed by atoms with Gasteiger partial charge in [0, 0.05) is 18.7 Å². The SMILES string of the molecule is CC/C(=C/CNCC(O)c1ccsc1)C(=O)OC. The lowest BCUT2D eigenvalue weighted by molar-refractivity contribution is -0.136. The molecule has 5 heteroatoms. The van der Waals surface area contributed by atoms with Crippen LogP contribution in [-0.2, 0) is 9.53 Å². The zero-order chi connectivity index (χ0) is 13.4. The fourth-order valence-electron chi connectivity index (χ4n) is 1.50. The van der Waals surface area contributed by atoms with Gasteiger partial charge in [-0.05, 0) is 28.8 Å². The van der Waals surface area contributed by atoms with E-state index in [4.69, 9.17) is 0 Å². The standard InChI is InChI=1S/C13H19NO3S/c1-3-10(13(16)17-2)4-6-14-8-12(15)11-5-7-18-9-11/h4-5,7,9,12,14-15H,3,6,8H2,1-2H3/b10-4-. The summed E-state index contributed by atoms with van der Waals surface area (Å²) in [5.74, 6) is -0.294. The molecule has 0 aliphatic heterocycles. The van der Waals surface area contributed by atoms with E-state index in [1.54, 1.807) is 17.4 Å². The van der Waals surface area contributed by atoms with Crippen molar-refractivity contribution in [3.63, 3.8) is 0 Å². The average molecular weight is 269 g/mol. The van der Waals surface area contributed by atoms with E-state index in [2.05, 4.69) is 10.1 Å². The van der Waals surface area contributed by atoms with Crippen molar-refractivity contribution in [1.82, 2.24) is 5.32 Å². The van der Waals surface area contributed by atoms with Crippen LogP contribution in [0.2, 0.25) is 0 Å². The van der Waals surface area contributed by atoms with Crippen LogP contribution < -0.4 is 5.32 Å². The van der Waals surface area contributed by atoms with Gasteiger partial charge in [-0.2, -0.15) is 11.3 Å². The van der Waals surface area contributed by atoms with E-state index in [0.29, 0.717) is 25.1 Å². The van der Waals surface area contributed by atoms with Crippen LogP contribution in [0, 0.1) is 0 Å². The van der Waals surface area contributed by atoms with Gasteiger partial charge >= 0.3 is 5.97 Å². The zero-order valence-electron chi connectivity index (χ0n) is 10.7. The minimum Gasteiger partial charge on any atom is -0.466 e.